The lowest BCUT2D eigenvalue weighted by Crippen LogP contribution is -2.04. The van der Waals surface area contributed by atoms with Gasteiger partial charge in [-0.25, -0.2) is 4.79 Å². The zero-order valence-electron chi connectivity index (χ0n) is 11.5. The van der Waals surface area contributed by atoms with Crippen LogP contribution in [0, 0.1) is 17.0 Å². The number of nitro benzene ring substituents is 1. The van der Waals surface area contributed by atoms with Crippen LogP contribution in [0.3, 0.4) is 0 Å². The highest BCUT2D eigenvalue weighted by molar-refractivity contribution is 6.43. The van der Waals surface area contributed by atoms with Crippen molar-refractivity contribution in [1.82, 2.24) is 0 Å². The Morgan fingerprint density at radius 1 is 1.09 bits per heavy atom. The van der Waals surface area contributed by atoms with Crippen LogP contribution >= 0.6 is 34.8 Å². The summed E-state index contributed by atoms with van der Waals surface area (Å²) in [5.41, 5.74) is -0.654. The van der Waals surface area contributed by atoms with E-state index in [9.17, 15) is 14.9 Å². The maximum atomic E-state index is 11.2. The highest BCUT2D eigenvalue weighted by Crippen LogP contribution is 2.38. The van der Waals surface area contributed by atoms with Gasteiger partial charge < -0.3 is 9.84 Å². The Labute approximate surface area is 145 Å². The second kappa shape index (κ2) is 6.62. The fourth-order valence-corrected chi connectivity index (χ4v) is 2.38. The third-order valence-electron chi connectivity index (χ3n) is 2.92. The van der Waals surface area contributed by atoms with Gasteiger partial charge in [0.25, 0.3) is 5.69 Å². The van der Waals surface area contributed by atoms with E-state index >= 15 is 0 Å². The number of halogens is 3. The summed E-state index contributed by atoms with van der Waals surface area (Å²) in [6.45, 7) is 1.54. The van der Waals surface area contributed by atoms with Gasteiger partial charge in [-0.1, -0.05) is 34.8 Å². The molecule has 23 heavy (non-hydrogen) atoms. The van der Waals surface area contributed by atoms with Crippen LogP contribution in [-0.2, 0) is 0 Å². The van der Waals surface area contributed by atoms with E-state index in [1.54, 1.807) is 6.92 Å². The highest BCUT2D eigenvalue weighted by Gasteiger charge is 2.23. The Hall–Kier alpha value is -2.02. The number of benzene rings is 2. The number of aryl methyl sites for hydroxylation is 1. The van der Waals surface area contributed by atoms with E-state index in [0.717, 1.165) is 12.1 Å². The normalized spacial score (nSPS) is 10.4. The first-order chi connectivity index (χ1) is 10.7. The number of carboxylic acid groups (broad SMARTS) is 1. The summed E-state index contributed by atoms with van der Waals surface area (Å²) in [5.74, 6) is -1.19. The lowest BCUT2D eigenvalue weighted by molar-refractivity contribution is -0.385. The van der Waals surface area contributed by atoms with Gasteiger partial charge in [0.15, 0.2) is 0 Å². The number of aromatic carboxylic acids is 1. The Morgan fingerprint density at radius 3 is 2.26 bits per heavy atom. The summed E-state index contributed by atoms with van der Waals surface area (Å²) in [4.78, 5) is 21.3. The molecule has 0 saturated carbocycles. The average Bonchev–Trinajstić information content (AvgIpc) is 2.45. The molecule has 2 rings (SSSR count). The third-order valence-corrected chi connectivity index (χ3v) is 3.93. The van der Waals surface area contributed by atoms with Crippen molar-refractivity contribution in [3.8, 4) is 11.5 Å². The van der Waals surface area contributed by atoms with Crippen molar-refractivity contribution in [3.63, 3.8) is 0 Å². The van der Waals surface area contributed by atoms with Crippen molar-refractivity contribution < 1.29 is 19.6 Å². The predicted octanol–water partition coefficient (Wildman–Crippen LogP) is 5.35. The van der Waals surface area contributed by atoms with Crippen molar-refractivity contribution in [1.29, 1.82) is 0 Å². The molecule has 0 aromatic heterocycles. The van der Waals surface area contributed by atoms with Gasteiger partial charge in [-0.15, -0.1) is 0 Å². The maximum absolute atomic E-state index is 11.2. The van der Waals surface area contributed by atoms with Crippen LogP contribution < -0.4 is 4.74 Å². The van der Waals surface area contributed by atoms with Crippen molar-refractivity contribution in [3.05, 3.63) is 60.6 Å². The van der Waals surface area contributed by atoms with Crippen LogP contribution in [0.15, 0.2) is 24.3 Å². The molecule has 0 atom stereocenters. The first kappa shape index (κ1) is 17.3. The number of carboxylic acids is 1. The van der Waals surface area contributed by atoms with Crippen LogP contribution in [-0.4, -0.2) is 16.0 Å². The number of nitrogens with zero attached hydrogens (tertiary/aromatic N) is 1. The van der Waals surface area contributed by atoms with Gasteiger partial charge in [0.1, 0.15) is 17.1 Å². The molecule has 9 heteroatoms. The molecular formula is C14H8Cl3NO5. The molecule has 0 heterocycles. The number of nitro groups is 1. The first-order valence-electron chi connectivity index (χ1n) is 6.05. The predicted molar refractivity (Wildman–Crippen MR) is 86.3 cm³/mol. The Morgan fingerprint density at radius 2 is 1.70 bits per heavy atom. The molecule has 0 unspecified atom stereocenters. The van der Waals surface area contributed by atoms with Crippen LogP contribution in [0.2, 0.25) is 15.1 Å². The second-order valence-corrected chi connectivity index (χ2v) is 5.72. The van der Waals surface area contributed by atoms with E-state index in [0.29, 0.717) is 5.56 Å². The topological polar surface area (TPSA) is 89.7 Å². The van der Waals surface area contributed by atoms with E-state index in [-0.39, 0.29) is 26.6 Å². The lowest BCUT2D eigenvalue weighted by atomic mass is 10.1. The molecule has 2 aromatic rings. The summed E-state index contributed by atoms with van der Waals surface area (Å²) in [6, 6.07) is 4.92. The fraction of sp³-hybridized carbons (Fsp3) is 0.0714. The van der Waals surface area contributed by atoms with E-state index in [1.807, 2.05) is 0 Å². The molecule has 0 radical (unpaired) electrons. The van der Waals surface area contributed by atoms with Gasteiger partial charge in [-0.05, 0) is 18.6 Å². The molecule has 1 N–H and O–H groups in total. The molecular weight excluding hydrogens is 369 g/mol. The summed E-state index contributed by atoms with van der Waals surface area (Å²) in [6.07, 6.45) is 0. The standard InChI is InChI=1S/C14H8Cl3NO5/c1-6-2-11(18(21)22)7(14(19)20)3-12(6)23-13-5-9(16)8(15)4-10(13)17/h2-5H,1H3,(H,19,20). The smallest absolute Gasteiger partial charge is 0.342 e. The van der Waals surface area contributed by atoms with Crippen molar-refractivity contribution in [2.45, 2.75) is 6.92 Å². The van der Waals surface area contributed by atoms with Gasteiger partial charge in [-0.2, -0.15) is 0 Å². The Bertz CT molecular complexity index is 823. The third kappa shape index (κ3) is 3.67. The number of rotatable bonds is 4. The molecule has 0 saturated heterocycles. The molecule has 2 aromatic carbocycles. The molecule has 0 fully saturated rings. The van der Waals surface area contributed by atoms with Gasteiger partial charge in [0.05, 0.1) is 20.0 Å². The second-order valence-electron chi connectivity index (χ2n) is 4.50. The van der Waals surface area contributed by atoms with E-state index in [4.69, 9.17) is 44.6 Å². The van der Waals surface area contributed by atoms with E-state index in [2.05, 4.69) is 0 Å². The number of carbonyl (C=O) groups is 1. The summed E-state index contributed by atoms with van der Waals surface area (Å²) in [7, 11) is 0. The zero-order chi connectivity index (χ0) is 17.3. The molecule has 120 valence electrons. The molecule has 0 spiro atoms. The van der Waals surface area contributed by atoms with Crippen molar-refractivity contribution >= 4 is 46.5 Å². The Balaban J connectivity index is 2.53. The van der Waals surface area contributed by atoms with Gasteiger partial charge in [0.2, 0.25) is 0 Å². The minimum absolute atomic E-state index is 0.105. The number of hydrogen-bond donors (Lipinski definition) is 1. The van der Waals surface area contributed by atoms with Crippen LogP contribution in [0.25, 0.3) is 0 Å². The zero-order valence-corrected chi connectivity index (χ0v) is 13.7. The molecule has 6 nitrogen and oxygen atoms in total. The van der Waals surface area contributed by atoms with Crippen LogP contribution in [0.4, 0.5) is 5.69 Å². The average molecular weight is 377 g/mol. The first-order valence-corrected chi connectivity index (χ1v) is 7.18. The quantitative estimate of drug-likeness (QED) is 0.441. The maximum Gasteiger partial charge on any atom is 0.342 e. The van der Waals surface area contributed by atoms with Crippen molar-refractivity contribution in [2.24, 2.45) is 0 Å². The molecule has 0 amide bonds. The molecule has 0 aliphatic heterocycles. The molecule has 0 aliphatic carbocycles. The summed E-state index contributed by atoms with van der Waals surface area (Å²) < 4.78 is 5.54. The van der Waals surface area contributed by atoms with E-state index in [1.165, 1.54) is 12.1 Å². The van der Waals surface area contributed by atoms with Gasteiger partial charge >= 0.3 is 5.97 Å². The fourth-order valence-electron chi connectivity index (χ4n) is 1.81. The highest BCUT2D eigenvalue weighted by atomic mass is 35.5. The summed E-state index contributed by atoms with van der Waals surface area (Å²) >= 11 is 17.7. The lowest BCUT2D eigenvalue weighted by Gasteiger charge is -2.12. The molecule has 0 bridgehead atoms. The number of ether oxygens (including phenoxy) is 1. The van der Waals surface area contributed by atoms with Crippen LogP contribution in [0.5, 0.6) is 11.5 Å². The van der Waals surface area contributed by atoms with E-state index < -0.39 is 22.1 Å². The van der Waals surface area contributed by atoms with Crippen LogP contribution in [0.1, 0.15) is 15.9 Å². The SMILES string of the molecule is Cc1cc([N+](=O)[O-])c(C(=O)O)cc1Oc1cc(Cl)c(Cl)cc1Cl. The number of hydrogen-bond acceptors (Lipinski definition) is 4. The minimum Gasteiger partial charge on any atom is -0.477 e. The summed E-state index contributed by atoms with van der Waals surface area (Å²) in [5, 5.41) is 20.6. The van der Waals surface area contributed by atoms with Gasteiger partial charge in [-0.3, -0.25) is 10.1 Å². The Kier molecular flexibility index (Phi) is 4.99. The largest absolute Gasteiger partial charge is 0.477 e. The minimum atomic E-state index is -1.44. The monoisotopic (exact) mass is 375 g/mol. The molecule has 0 aliphatic rings. The van der Waals surface area contributed by atoms with Gasteiger partial charge in [0, 0.05) is 18.2 Å². The van der Waals surface area contributed by atoms with Crippen molar-refractivity contribution in [2.75, 3.05) is 0 Å².